The molecule has 0 aliphatic carbocycles. The summed E-state index contributed by atoms with van der Waals surface area (Å²) >= 11 is 0. The van der Waals surface area contributed by atoms with E-state index in [1.54, 1.807) is 0 Å². The average molecular weight is 1020 g/mol. The zero-order chi connectivity index (χ0) is 52.2. The molecule has 73 heavy (non-hydrogen) atoms. The highest BCUT2D eigenvalue weighted by molar-refractivity contribution is 7.39. The van der Waals surface area contributed by atoms with Crippen LogP contribution in [-0.4, -0.2) is 9.79 Å². The van der Waals surface area contributed by atoms with Gasteiger partial charge in [-0.15, -0.1) is 0 Å². The maximum Gasteiger partial charge on any atom is 0.158 e. The van der Waals surface area contributed by atoms with Crippen LogP contribution in [0.1, 0.15) is 203 Å². The molecule has 0 amide bonds. The highest BCUT2D eigenvalue weighted by Crippen LogP contribution is 2.53. The molecule has 2 atom stereocenters. The number of rotatable bonds is 31. The minimum Gasteiger partial charge on any atom is -0.352 e. The Morgan fingerprint density at radius 2 is 0.603 bits per heavy atom. The second kappa shape index (κ2) is 33.9. The first-order valence-corrected chi connectivity index (χ1v) is 30.7. The largest absolute Gasteiger partial charge is 0.352 e. The van der Waals surface area contributed by atoms with E-state index in [1.165, 1.54) is 203 Å². The van der Waals surface area contributed by atoms with E-state index >= 15 is 0 Å². The van der Waals surface area contributed by atoms with Crippen LogP contribution in [0.2, 0.25) is 0 Å². The van der Waals surface area contributed by atoms with Crippen molar-refractivity contribution in [3.8, 4) is 55.6 Å². The standard InChI is InChI=1S/C68H90.H4O3P2/c1-9-17-28-51-38-42-60(56(46-51)32-21-13-5)64-50-65(61-43-39-52(29-18-10-2)47-57(61)33-22-14-6)67(62-44-40-53(30-19-11-3)48-58(62)34-23-15-7)68(66(64)55-36-26-25-27-37-55)63-45-41-54(31-20-12-4)49-59(63)35-24-16-8;1-4-3-5-2/h25-27,36-50H,9-24,28-35H2,1-8H3;1-2,4-5H. The fourth-order valence-electron chi connectivity index (χ4n) is 10.6. The molecule has 2 unspecified atom stereocenters. The van der Waals surface area contributed by atoms with Gasteiger partial charge in [0.15, 0.2) is 18.1 Å². The predicted octanol–water partition coefficient (Wildman–Crippen LogP) is 20.8. The van der Waals surface area contributed by atoms with Crippen LogP contribution in [-0.2, 0) is 55.7 Å². The minimum absolute atomic E-state index is 0.580. The van der Waals surface area contributed by atoms with E-state index in [-0.39, 0.29) is 0 Å². The molecule has 0 aromatic heterocycles. The van der Waals surface area contributed by atoms with Crippen LogP contribution in [0, 0.1) is 0 Å². The van der Waals surface area contributed by atoms with Crippen molar-refractivity contribution in [1.82, 2.24) is 0 Å². The maximum absolute atomic E-state index is 7.72. The molecule has 2 N–H and O–H groups in total. The SMILES string of the molecule is CCCCc1ccc(-c2cc(-c3ccc(CCCC)cc3CCCC)c(-c3ccc(CCCC)cc3CCCC)c(-c3ccc(CCCC)cc3CCCC)c2-c2ccccc2)c(CCCC)c1.OPOPO. The Bertz CT molecular complexity index is 2520. The number of unbranched alkanes of at least 4 members (excludes halogenated alkanes) is 8. The Labute approximate surface area is 448 Å². The molecule has 0 aliphatic rings. The van der Waals surface area contributed by atoms with E-state index in [0.717, 1.165) is 51.4 Å². The number of hydrogen-bond acceptors (Lipinski definition) is 3. The van der Waals surface area contributed by atoms with Gasteiger partial charge in [-0.1, -0.05) is 210 Å². The Hall–Kier alpha value is -3.94. The first kappa shape index (κ1) is 59.9. The molecular formula is C68H94O3P2. The van der Waals surface area contributed by atoms with Crippen molar-refractivity contribution in [2.24, 2.45) is 0 Å². The van der Waals surface area contributed by atoms with E-state index in [2.05, 4.69) is 169 Å². The second-order valence-electron chi connectivity index (χ2n) is 20.5. The first-order chi connectivity index (χ1) is 35.8. The maximum atomic E-state index is 7.72. The number of hydrogen-bond donors (Lipinski definition) is 2. The fourth-order valence-corrected chi connectivity index (χ4v) is 10.8. The smallest absolute Gasteiger partial charge is 0.158 e. The third-order valence-electron chi connectivity index (χ3n) is 14.8. The van der Waals surface area contributed by atoms with Gasteiger partial charge in [0, 0.05) is 0 Å². The summed E-state index contributed by atoms with van der Waals surface area (Å²) in [5, 5.41) is 0. The van der Waals surface area contributed by atoms with Crippen LogP contribution in [0.3, 0.4) is 0 Å². The third-order valence-corrected chi connectivity index (χ3v) is 15.5. The van der Waals surface area contributed by atoms with Crippen LogP contribution >= 0.6 is 18.1 Å². The van der Waals surface area contributed by atoms with E-state index in [9.17, 15) is 0 Å². The average Bonchev–Trinajstić information content (AvgIpc) is 3.42. The summed E-state index contributed by atoms with van der Waals surface area (Å²) in [5.41, 5.74) is 26.1. The Kier molecular flexibility index (Phi) is 27.8. The lowest BCUT2D eigenvalue weighted by molar-refractivity contribution is 0.496. The molecule has 5 heteroatoms. The lowest BCUT2D eigenvalue weighted by Crippen LogP contribution is -2.05. The van der Waals surface area contributed by atoms with Crippen molar-refractivity contribution in [1.29, 1.82) is 0 Å². The van der Waals surface area contributed by atoms with E-state index in [4.69, 9.17) is 9.79 Å². The molecular weight excluding hydrogens is 927 g/mol. The van der Waals surface area contributed by atoms with Crippen LogP contribution in [0.5, 0.6) is 0 Å². The summed E-state index contributed by atoms with van der Waals surface area (Å²) < 4.78 is 4.00. The van der Waals surface area contributed by atoms with Crippen LogP contribution in [0.15, 0.2) is 109 Å². The van der Waals surface area contributed by atoms with Crippen molar-refractivity contribution < 1.29 is 14.1 Å². The molecule has 6 aromatic carbocycles. The van der Waals surface area contributed by atoms with Gasteiger partial charge in [-0.05, 0) is 209 Å². The van der Waals surface area contributed by atoms with Gasteiger partial charge in [0.05, 0.1) is 0 Å². The van der Waals surface area contributed by atoms with Crippen molar-refractivity contribution in [2.45, 2.75) is 209 Å². The molecule has 0 bridgehead atoms. The van der Waals surface area contributed by atoms with Crippen molar-refractivity contribution in [3.63, 3.8) is 0 Å². The Balaban J connectivity index is 0.00000188. The molecule has 6 rings (SSSR count). The molecule has 0 heterocycles. The van der Waals surface area contributed by atoms with E-state index < -0.39 is 18.1 Å². The van der Waals surface area contributed by atoms with Crippen LogP contribution < -0.4 is 0 Å². The quantitative estimate of drug-likeness (QED) is 0.0427. The molecule has 0 radical (unpaired) electrons. The van der Waals surface area contributed by atoms with Gasteiger partial charge in [-0.2, -0.15) is 0 Å². The highest BCUT2D eigenvalue weighted by atomic mass is 31.2. The summed E-state index contributed by atoms with van der Waals surface area (Å²) in [4.78, 5) is 15.4. The van der Waals surface area contributed by atoms with Gasteiger partial charge in [0.2, 0.25) is 0 Å². The van der Waals surface area contributed by atoms with Gasteiger partial charge >= 0.3 is 0 Å². The summed E-state index contributed by atoms with van der Waals surface area (Å²) in [5.74, 6) is 0. The van der Waals surface area contributed by atoms with E-state index in [1.807, 2.05) is 0 Å². The predicted molar refractivity (Wildman–Crippen MR) is 325 cm³/mol. The molecule has 0 aliphatic heterocycles. The van der Waals surface area contributed by atoms with Crippen molar-refractivity contribution in [2.75, 3.05) is 0 Å². The normalized spacial score (nSPS) is 11.6. The monoisotopic (exact) mass is 1020 g/mol. The summed E-state index contributed by atoms with van der Waals surface area (Å²) in [7, 11) is -1.16. The Morgan fingerprint density at radius 1 is 0.301 bits per heavy atom. The number of benzene rings is 6. The molecule has 394 valence electrons. The number of aryl methyl sites for hydroxylation is 8. The lowest BCUT2D eigenvalue weighted by atomic mass is 9.74. The van der Waals surface area contributed by atoms with Crippen molar-refractivity contribution in [3.05, 3.63) is 154 Å². The first-order valence-electron chi connectivity index (χ1n) is 29.0. The molecule has 3 nitrogen and oxygen atoms in total. The minimum atomic E-state index is -0.580. The third kappa shape index (κ3) is 17.6. The summed E-state index contributed by atoms with van der Waals surface area (Å²) in [6, 6.07) is 45.0. The zero-order valence-electron chi connectivity index (χ0n) is 46.7. The van der Waals surface area contributed by atoms with Gasteiger partial charge in [-0.3, -0.25) is 4.31 Å². The van der Waals surface area contributed by atoms with Gasteiger partial charge in [0.25, 0.3) is 0 Å². The molecule has 6 aromatic rings. The Morgan fingerprint density at radius 3 is 0.932 bits per heavy atom. The molecule has 0 saturated carbocycles. The molecule has 0 saturated heterocycles. The second-order valence-corrected chi connectivity index (χ2v) is 21.7. The summed E-state index contributed by atoms with van der Waals surface area (Å²) in [6.45, 7) is 18.8. The van der Waals surface area contributed by atoms with Crippen molar-refractivity contribution >= 4 is 18.1 Å². The highest BCUT2D eigenvalue weighted by Gasteiger charge is 2.28. The van der Waals surface area contributed by atoms with E-state index in [0.29, 0.717) is 0 Å². The fraction of sp³-hybridized carbons (Fsp3) is 0.471. The molecule has 0 spiro atoms. The van der Waals surface area contributed by atoms with Gasteiger partial charge in [-0.25, -0.2) is 0 Å². The topological polar surface area (TPSA) is 49.7 Å². The molecule has 0 fully saturated rings. The lowest BCUT2D eigenvalue weighted by Gasteiger charge is -2.29. The van der Waals surface area contributed by atoms with Crippen LogP contribution in [0.25, 0.3) is 55.6 Å². The summed E-state index contributed by atoms with van der Waals surface area (Å²) in [6.07, 6.45) is 28.2. The van der Waals surface area contributed by atoms with Gasteiger partial charge < -0.3 is 9.79 Å². The zero-order valence-corrected chi connectivity index (χ0v) is 48.7. The van der Waals surface area contributed by atoms with Gasteiger partial charge in [0.1, 0.15) is 0 Å². The van der Waals surface area contributed by atoms with Crippen LogP contribution in [0.4, 0.5) is 0 Å².